The molecule has 0 N–H and O–H groups in total. The van der Waals surface area contributed by atoms with E-state index in [1.807, 2.05) is 0 Å². The van der Waals surface area contributed by atoms with Crippen LogP contribution >= 0.6 is 11.6 Å². The predicted octanol–water partition coefficient (Wildman–Crippen LogP) is 2.99. The van der Waals surface area contributed by atoms with E-state index in [0.29, 0.717) is 6.92 Å². The smallest absolute Gasteiger partial charge is 0.183 e. The summed E-state index contributed by atoms with van der Waals surface area (Å²) in [5.74, 6) is 0. The molecule has 54 valence electrons. The number of rotatable bonds is 1. The molecule has 0 aliphatic heterocycles. The van der Waals surface area contributed by atoms with Gasteiger partial charge in [-0.25, -0.2) is 0 Å². The number of alkyl halides is 3. The van der Waals surface area contributed by atoms with Crippen LogP contribution in [0.25, 0.3) is 0 Å². The second-order valence-electron chi connectivity index (χ2n) is 1.38. The van der Waals surface area contributed by atoms with Crippen LogP contribution in [0.4, 0.5) is 17.6 Å². The summed E-state index contributed by atoms with van der Waals surface area (Å²) < 4.78 is 45.7. The first kappa shape index (κ1) is 8.75. The maximum atomic E-state index is 11.6. The highest BCUT2D eigenvalue weighted by atomic mass is 35.5. The molecule has 0 heterocycles. The lowest BCUT2D eigenvalue weighted by atomic mass is 10.3. The van der Waals surface area contributed by atoms with Gasteiger partial charge in [-0.15, -0.1) is 0 Å². The summed E-state index contributed by atoms with van der Waals surface area (Å²) in [7, 11) is 0. The van der Waals surface area contributed by atoms with Crippen LogP contribution in [0, 0.1) is 0 Å². The average molecular weight is 163 g/mol. The van der Waals surface area contributed by atoms with Crippen molar-refractivity contribution in [3.05, 3.63) is 11.7 Å². The second kappa shape index (κ2) is 2.56. The van der Waals surface area contributed by atoms with Crippen molar-refractivity contribution in [2.45, 2.75) is 12.3 Å². The fourth-order valence-corrected chi connectivity index (χ4v) is 0.179. The van der Waals surface area contributed by atoms with Gasteiger partial charge in [-0.2, -0.15) is 17.6 Å². The molecule has 0 aromatic rings. The molecule has 0 aliphatic carbocycles. The van der Waals surface area contributed by atoms with Crippen LogP contribution in [0.3, 0.4) is 0 Å². The van der Waals surface area contributed by atoms with Crippen molar-refractivity contribution in [3.8, 4) is 0 Å². The summed E-state index contributed by atoms with van der Waals surface area (Å²) in [6, 6.07) is 0. The first-order chi connectivity index (χ1) is 3.85. The molecule has 0 amide bonds. The van der Waals surface area contributed by atoms with E-state index in [4.69, 9.17) is 0 Å². The molecule has 0 fully saturated rings. The summed E-state index contributed by atoms with van der Waals surface area (Å²) in [6.45, 7) is 0.572. The van der Waals surface area contributed by atoms with Gasteiger partial charge in [0.25, 0.3) is 6.08 Å². The number of hydrogen-bond donors (Lipinski definition) is 0. The molecule has 0 nitrogen and oxygen atoms in total. The van der Waals surface area contributed by atoms with E-state index in [-0.39, 0.29) is 0 Å². The van der Waals surface area contributed by atoms with Gasteiger partial charge in [-0.05, 0) is 18.5 Å². The summed E-state index contributed by atoms with van der Waals surface area (Å²) in [6.07, 6.45) is -2.44. The Kier molecular flexibility index (Phi) is 2.49. The third-order valence-corrected chi connectivity index (χ3v) is 0.992. The Hall–Kier alpha value is -0.250. The molecule has 0 spiro atoms. The summed E-state index contributed by atoms with van der Waals surface area (Å²) in [4.78, 5) is 0. The first-order valence-corrected chi connectivity index (χ1v) is 2.32. The molecule has 5 heteroatoms. The Morgan fingerprint density at radius 1 is 1.33 bits per heavy atom. The van der Waals surface area contributed by atoms with Crippen LogP contribution in [0.2, 0.25) is 0 Å². The van der Waals surface area contributed by atoms with Crippen molar-refractivity contribution in [2.75, 3.05) is 0 Å². The molecule has 0 saturated carbocycles. The molecule has 0 unspecified atom stereocenters. The maximum Gasteiger partial charge on any atom is 0.349 e. The van der Waals surface area contributed by atoms with Crippen molar-refractivity contribution < 1.29 is 17.6 Å². The van der Waals surface area contributed by atoms with E-state index in [1.54, 1.807) is 0 Å². The fourth-order valence-electron chi connectivity index (χ4n) is 0.107. The van der Waals surface area contributed by atoms with Crippen LogP contribution in [-0.4, -0.2) is 5.38 Å². The van der Waals surface area contributed by atoms with Gasteiger partial charge in [0.1, 0.15) is 0 Å². The molecule has 0 aromatic heterocycles. The zero-order valence-corrected chi connectivity index (χ0v) is 5.15. The third kappa shape index (κ3) is 2.70. The Morgan fingerprint density at radius 2 is 1.67 bits per heavy atom. The van der Waals surface area contributed by atoms with E-state index < -0.39 is 17.0 Å². The molecule has 0 rings (SSSR count). The van der Waals surface area contributed by atoms with Gasteiger partial charge in [-0.1, -0.05) is 0 Å². The Balaban J connectivity index is 4.40. The van der Waals surface area contributed by atoms with Gasteiger partial charge in [0, 0.05) is 0 Å². The van der Waals surface area contributed by atoms with Gasteiger partial charge in [-0.3, -0.25) is 0 Å². The van der Waals surface area contributed by atoms with E-state index in [9.17, 15) is 17.6 Å². The quantitative estimate of drug-likeness (QED) is 0.411. The minimum absolute atomic E-state index is 0.572. The van der Waals surface area contributed by atoms with E-state index in [0.717, 1.165) is 0 Å². The second-order valence-corrected chi connectivity index (χ2v) is 1.86. The fraction of sp³-hybridized carbons (Fsp3) is 0.500. The van der Waals surface area contributed by atoms with E-state index >= 15 is 0 Å². The molecule has 0 radical (unpaired) electrons. The van der Waals surface area contributed by atoms with Gasteiger partial charge >= 0.3 is 5.38 Å². The van der Waals surface area contributed by atoms with Crippen molar-refractivity contribution in [2.24, 2.45) is 0 Å². The molecular weight excluding hydrogens is 159 g/mol. The monoisotopic (exact) mass is 162 g/mol. The zero-order valence-electron chi connectivity index (χ0n) is 4.39. The average Bonchev–Trinajstić information content (AvgIpc) is 1.62. The lowest BCUT2D eigenvalue weighted by Crippen LogP contribution is -2.07. The van der Waals surface area contributed by atoms with Crippen molar-refractivity contribution in [3.63, 3.8) is 0 Å². The van der Waals surface area contributed by atoms with Crippen LogP contribution in [0.5, 0.6) is 0 Å². The summed E-state index contributed by atoms with van der Waals surface area (Å²) in [5.41, 5.74) is -1.40. The summed E-state index contributed by atoms with van der Waals surface area (Å²) >= 11 is 4.21. The van der Waals surface area contributed by atoms with E-state index in [1.165, 1.54) is 0 Å². The van der Waals surface area contributed by atoms with Gasteiger partial charge < -0.3 is 0 Å². The molecular formula is C4H3ClF4. The Labute approximate surface area is 54.1 Å². The molecule has 9 heavy (non-hydrogen) atoms. The van der Waals surface area contributed by atoms with Gasteiger partial charge in [0.2, 0.25) is 0 Å². The SMILES string of the molecule is CC(=C(F)F)C(F)(F)Cl. The van der Waals surface area contributed by atoms with Crippen LogP contribution in [0.1, 0.15) is 6.92 Å². The van der Waals surface area contributed by atoms with Crippen LogP contribution in [-0.2, 0) is 0 Å². The lowest BCUT2D eigenvalue weighted by molar-refractivity contribution is 0.130. The van der Waals surface area contributed by atoms with Gasteiger partial charge in [0.05, 0.1) is 5.57 Å². The van der Waals surface area contributed by atoms with Crippen LogP contribution in [0.15, 0.2) is 11.7 Å². The van der Waals surface area contributed by atoms with Crippen molar-refractivity contribution in [1.82, 2.24) is 0 Å². The molecule has 0 saturated heterocycles. The highest BCUT2D eigenvalue weighted by molar-refractivity contribution is 6.23. The molecule has 0 aromatic carbocycles. The molecule has 0 bridgehead atoms. The topological polar surface area (TPSA) is 0 Å². The Bertz CT molecular complexity index is 130. The highest BCUT2D eigenvalue weighted by Crippen LogP contribution is 2.30. The number of allylic oxidation sites excluding steroid dienone is 1. The molecule has 0 aliphatic rings. The standard InChI is InChI=1S/C4H3ClF4/c1-2(3(6)7)4(5,8)9/h1H3. The largest absolute Gasteiger partial charge is 0.349 e. The predicted molar refractivity (Wildman–Crippen MR) is 25.7 cm³/mol. The number of halogens is 5. The van der Waals surface area contributed by atoms with Gasteiger partial charge in [0.15, 0.2) is 0 Å². The minimum Gasteiger partial charge on any atom is -0.183 e. The maximum absolute atomic E-state index is 11.6. The first-order valence-electron chi connectivity index (χ1n) is 1.94. The Morgan fingerprint density at radius 3 is 1.67 bits per heavy atom. The number of hydrogen-bond acceptors (Lipinski definition) is 0. The normalized spacial score (nSPS) is 11.3. The third-order valence-electron chi connectivity index (χ3n) is 0.709. The summed E-state index contributed by atoms with van der Waals surface area (Å²) in [5, 5.41) is -3.92. The van der Waals surface area contributed by atoms with Crippen molar-refractivity contribution >= 4 is 11.6 Å². The van der Waals surface area contributed by atoms with Crippen LogP contribution < -0.4 is 0 Å². The van der Waals surface area contributed by atoms with E-state index in [2.05, 4.69) is 11.6 Å². The minimum atomic E-state index is -3.92. The zero-order chi connectivity index (χ0) is 7.65. The molecule has 0 atom stereocenters. The van der Waals surface area contributed by atoms with Crippen molar-refractivity contribution in [1.29, 1.82) is 0 Å². The lowest BCUT2D eigenvalue weighted by Gasteiger charge is -2.04. The highest BCUT2D eigenvalue weighted by Gasteiger charge is 2.31.